The maximum atomic E-state index is 13.0. The van der Waals surface area contributed by atoms with Crippen LogP contribution in [0, 0.1) is 0 Å². The van der Waals surface area contributed by atoms with Crippen molar-refractivity contribution in [2.45, 2.75) is 64.3 Å². The monoisotopic (exact) mass is 500 g/mol. The molecule has 0 bridgehead atoms. The topological polar surface area (TPSA) is 151 Å². The Morgan fingerprint density at radius 2 is 1.53 bits per heavy atom. The van der Waals surface area contributed by atoms with Gasteiger partial charge in [0.25, 0.3) is 0 Å². The van der Waals surface area contributed by atoms with Gasteiger partial charge in [0.1, 0.15) is 30.0 Å². The molecule has 194 valence electrons. The van der Waals surface area contributed by atoms with Crippen LogP contribution in [0.4, 0.5) is 4.79 Å². The van der Waals surface area contributed by atoms with Crippen molar-refractivity contribution < 1.29 is 38.9 Å². The van der Waals surface area contributed by atoms with Crippen molar-refractivity contribution in [3.63, 3.8) is 0 Å². The van der Waals surface area contributed by atoms with Crippen molar-refractivity contribution in [3.8, 4) is 5.75 Å². The number of hydrogen-bond donors (Lipinski definition) is 4. The molecular weight excluding hydrogens is 468 g/mol. The minimum Gasteiger partial charge on any atom is -0.508 e. The molecule has 0 fully saturated rings. The first-order chi connectivity index (χ1) is 16.9. The van der Waals surface area contributed by atoms with Gasteiger partial charge in [-0.05, 0) is 50.5 Å². The average molecular weight is 501 g/mol. The van der Waals surface area contributed by atoms with E-state index in [9.17, 15) is 29.4 Å². The number of nitrogens with one attached hydrogen (secondary N) is 2. The maximum absolute atomic E-state index is 13.0. The standard InChI is InChI=1S/C26H32N2O8/c1-26(2,3)36-25(34)28-21(15-17-9-11-19(29)12-10-17)23(31)27-20(24(32)33)13-14-22(30)35-16-18-7-5-4-6-8-18/h4-12,20-21,29H,13-16H2,1-3H3,(H,27,31)(H,28,34)(H,32,33)/t20-,21-/m0/s1. The Kier molecular flexibility index (Phi) is 10.3. The number of amides is 2. The van der Waals surface area contributed by atoms with E-state index < -0.39 is 41.6 Å². The molecule has 0 aliphatic heterocycles. The molecule has 0 aromatic heterocycles. The van der Waals surface area contributed by atoms with E-state index in [-0.39, 0.29) is 31.6 Å². The summed E-state index contributed by atoms with van der Waals surface area (Å²) in [6, 6.07) is 12.5. The van der Waals surface area contributed by atoms with Gasteiger partial charge in [-0.2, -0.15) is 0 Å². The molecule has 2 amide bonds. The largest absolute Gasteiger partial charge is 0.508 e. The molecule has 2 aromatic rings. The van der Waals surface area contributed by atoms with Crippen LogP contribution >= 0.6 is 0 Å². The van der Waals surface area contributed by atoms with E-state index in [1.807, 2.05) is 6.07 Å². The van der Waals surface area contributed by atoms with Gasteiger partial charge in [-0.3, -0.25) is 9.59 Å². The van der Waals surface area contributed by atoms with E-state index in [1.165, 1.54) is 12.1 Å². The Morgan fingerprint density at radius 3 is 2.11 bits per heavy atom. The number of aromatic hydroxyl groups is 1. The number of ether oxygens (including phenoxy) is 2. The molecule has 2 atom stereocenters. The number of carboxylic acids is 1. The van der Waals surface area contributed by atoms with Crippen LogP contribution in [0.3, 0.4) is 0 Å². The third-order valence-electron chi connectivity index (χ3n) is 4.88. The number of rotatable bonds is 11. The van der Waals surface area contributed by atoms with Crippen LogP contribution in [-0.4, -0.2) is 51.8 Å². The van der Waals surface area contributed by atoms with Gasteiger partial charge in [0.15, 0.2) is 0 Å². The Morgan fingerprint density at radius 1 is 0.889 bits per heavy atom. The fraction of sp³-hybridized carbons (Fsp3) is 0.385. The molecule has 0 unspecified atom stereocenters. The Hall–Kier alpha value is -4.08. The lowest BCUT2D eigenvalue weighted by Crippen LogP contribution is -2.53. The SMILES string of the molecule is CC(C)(C)OC(=O)N[C@@H](Cc1ccc(O)cc1)C(=O)N[C@@H](CCC(=O)OCc1ccccc1)C(=O)O. The molecule has 0 aliphatic carbocycles. The number of carboxylic acid groups (broad SMARTS) is 1. The van der Waals surface area contributed by atoms with Crippen LogP contribution in [0.5, 0.6) is 5.75 Å². The smallest absolute Gasteiger partial charge is 0.408 e. The fourth-order valence-electron chi connectivity index (χ4n) is 3.13. The Labute approximate surface area is 209 Å². The van der Waals surface area contributed by atoms with Crippen LogP contribution < -0.4 is 10.6 Å². The molecule has 10 heteroatoms. The van der Waals surface area contributed by atoms with E-state index >= 15 is 0 Å². The lowest BCUT2D eigenvalue weighted by molar-refractivity contribution is -0.146. The van der Waals surface area contributed by atoms with E-state index in [0.29, 0.717) is 5.56 Å². The summed E-state index contributed by atoms with van der Waals surface area (Å²) in [5.74, 6) is -2.67. The molecule has 2 aromatic carbocycles. The van der Waals surface area contributed by atoms with Gasteiger partial charge in [-0.1, -0.05) is 42.5 Å². The fourth-order valence-corrected chi connectivity index (χ4v) is 3.13. The third-order valence-corrected chi connectivity index (χ3v) is 4.88. The predicted molar refractivity (Wildman–Crippen MR) is 130 cm³/mol. The summed E-state index contributed by atoms with van der Waals surface area (Å²) in [6.07, 6.45) is -1.27. The maximum Gasteiger partial charge on any atom is 0.408 e. The molecule has 0 heterocycles. The lowest BCUT2D eigenvalue weighted by atomic mass is 10.0. The van der Waals surface area contributed by atoms with Crippen LogP contribution in [0.25, 0.3) is 0 Å². The van der Waals surface area contributed by atoms with Crippen LogP contribution in [0.2, 0.25) is 0 Å². The van der Waals surface area contributed by atoms with Crippen molar-refractivity contribution >= 4 is 23.9 Å². The number of aliphatic carboxylic acids is 1. The first-order valence-corrected chi connectivity index (χ1v) is 11.4. The van der Waals surface area contributed by atoms with Crippen molar-refractivity contribution in [3.05, 3.63) is 65.7 Å². The Bertz CT molecular complexity index is 1030. The molecule has 0 saturated carbocycles. The van der Waals surface area contributed by atoms with E-state index in [0.717, 1.165) is 5.56 Å². The Balaban J connectivity index is 2.02. The minimum absolute atomic E-state index is 0.0107. The highest BCUT2D eigenvalue weighted by Gasteiger charge is 2.29. The molecule has 0 aliphatic rings. The molecule has 2 rings (SSSR count). The van der Waals surface area contributed by atoms with E-state index in [4.69, 9.17) is 9.47 Å². The predicted octanol–water partition coefficient (Wildman–Crippen LogP) is 2.92. The zero-order valence-corrected chi connectivity index (χ0v) is 20.5. The molecule has 36 heavy (non-hydrogen) atoms. The van der Waals surface area contributed by atoms with Gasteiger partial charge >= 0.3 is 18.0 Å². The number of phenolic OH excluding ortho intramolecular Hbond substituents is 1. The number of benzene rings is 2. The summed E-state index contributed by atoms with van der Waals surface area (Å²) >= 11 is 0. The van der Waals surface area contributed by atoms with Crippen molar-refractivity contribution in [2.24, 2.45) is 0 Å². The number of esters is 1. The van der Waals surface area contributed by atoms with E-state index in [2.05, 4.69) is 10.6 Å². The lowest BCUT2D eigenvalue weighted by Gasteiger charge is -2.24. The minimum atomic E-state index is -1.38. The normalized spacial score (nSPS) is 12.6. The summed E-state index contributed by atoms with van der Waals surface area (Å²) in [6.45, 7) is 5.05. The molecule has 0 saturated heterocycles. The second kappa shape index (κ2) is 13.1. The summed E-state index contributed by atoms with van der Waals surface area (Å²) < 4.78 is 10.4. The number of carbonyl (C=O) groups excluding carboxylic acids is 3. The summed E-state index contributed by atoms with van der Waals surface area (Å²) in [5, 5.41) is 23.9. The van der Waals surface area contributed by atoms with Gasteiger partial charge in [0.05, 0.1) is 0 Å². The highest BCUT2D eigenvalue weighted by atomic mass is 16.6. The highest BCUT2D eigenvalue weighted by molar-refractivity contribution is 5.89. The molecule has 0 spiro atoms. The van der Waals surface area contributed by atoms with Gasteiger partial charge in [-0.25, -0.2) is 9.59 Å². The van der Waals surface area contributed by atoms with Gasteiger partial charge in [0, 0.05) is 12.8 Å². The summed E-state index contributed by atoms with van der Waals surface area (Å²) in [7, 11) is 0. The second-order valence-electron chi connectivity index (χ2n) is 9.15. The zero-order valence-electron chi connectivity index (χ0n) is 20.5. The van der Waals surface area contributed by atoms with Crippen LogP contribution in [0.1, 0.15) is 44.7 Å². The number of carbonyl (C=O) groups is 4. The number of phenols is 1. The van der Waals surface area contributed by atoms with Gasteiger partial charge in [-0.15, -0.1) is 0 Å². The first-order valence-electron chi connectivity index (χ1n) is 11.4. The quantitative estimate of drug-likeness (QED) is 0.344. The van der Waals surface area contributed by atoms with Gasteiger partial charge in [0.2, 0.25) is 5.91 Å². The molecule has 10 nitrogen and oxygen atoms in total. The van der Waals surface area contributed by atoms with Crippen molar-refractivity contribution in [1.82, 2.24) is 10.6 Å². The molecule has 0 radical (unpaired) electrons. The molecule has 4 N–H and O–H groups in total. The number of alkyl carbamates (subject to hydrolysis) is 1. The van der Waals surface area contributed by atoms with Crippen LogP contribution in [-0.2, 0) is 36.9 Å². The zero-order chi connectivity index (χ0) is 26.7. The average Bonchev–Trinajstić information content (AvgIpc) is 2.80. The molecular formula is C26H32N2O8. The first kappa shape index (κ1) is 28.2. The van der Waals surface area contributed by atoms with Crippen molar-refractivity contribution in [2.75, 3.05) is 0 Å². The van der Waals surface area contributed by atoms with Gasteiger partial charge < -0.3 is 30.3 Å². The van der Waals surface area contributed by atoms with E-state index in [1.54, 1.807) is 57.2 Å². The second-order valence-corrected chi connectivity index (χ2v) is 9.15. The van der Waals surface area contributed by atoms with Crippen LogP contribution in [0.15, 0.2) is 54.6 Å². The van der Waals surface area contributed by atoms with Crippen molar-refractivity contribution in [1.29, 1.82) is 0 Å². The number of hydrogen-bond acceptors (Lipinski definition) is 7. The highest BCUT2D eigenvalue weighted by Crippen LogP contribution is 2.13. The summed E-state index contributed by atoms with van der Waals surface area (Å²) in [5.41, 5.74) is 0.590. The summed E-state index contributed by atoms with van der Waals surface area (Å²) in [4.78, 5) is 49.1. The third kappa shape index (κ3) is 10.5.